The molecule has 0 aliphatic carbocycles. The molecule has 0 bridgehead atoms. The first-order valence-electron chi connectivity index (χ1n) is 6.73. The van der Waals surface area contributed by atoms with Gasteiger partial charge in [0.1, 0.15) is 0 Å². The lowest BCUT2D eigenvalue weighted by molar-refractivity contribution is 0.0677. The third-order valence-electron chi connectivity index (χ3n) is 3.92. The van der Waals surface area contributed by atoms with Crippen molar-refractivity contribution in [2.75, 3.05) is 13.2 Å². The van der Waals surface area contributed by atoms with Gasteiger partial charge in [-0.1, -0.05) is 6.92 Å². The number of nitrogens with zero attached hydrogens (tertiary/aromatic N) is 4. The lowest BCUT2D eigenvalue weighted by Gasteiger charge is -2.29. The van der Waals surface area contributed by atoms with Crippen LogP contribution in [0.15, 0.2) is 0 Å². The van der Waals surface area contributed by atoms with E-state index in [1.807, 2.05) is 4.68 Å². The van der Waals surface area contributed by atoms with Crippen LogP contribution in [-0.4, -0.2) is 39.5 Å². The van der Waals surface area contributed by atoms with Crippen LogP contribution in [0.1, 0.15) is 52.4 Å². The number of nitrogens with one attached hydrogen (secondary N) is 1. The van der Waals surface area contributed by atoms with Crippen LogP contribution in [0.5, 0.6) is 0 Å². The first kappa shape index (κ1) is 13.4. The summed E-state index contributed by atoms with van der Waals surface area (Å²) in [6, 6.07) is 0.157. The molecule has 1 aromatic heterocycles. The van der Waals surface area contributed by atoms with E-state index in [9.17, 15) is 0 Å². The van der Waals surface area contributed by atoms with Gasteiger partial charge in [0.15, 0.2) is 5.82 Å². The molecule has 0 radical (unpaired) electrons. The lowest BCUT2D eigenvalue weighted by Crippen LogP contribution is -2.40. The standard InChI is InChI=1S/C12H23N5O/c1-5-7-13-9(2)11-14-15-16-17(11)12(4)6-8-18-10(12)3/h9-10,13H,5-8H2,1-4H3. The van der Waals surface area contributed by atoms with E-state index >= 15 is 0 Å². The van der Waals surface area contributed by atoms with Crippen LogP contribution >= 0.6 is 0 Å². The maximum atomic E-state index is 5.67. The number of tetrazole rings is 1. The fourth-order valence-corrected chi connectivity index (χ4v) is 2.38. The molecule has 6 heteroatoms. The number of hydrogen-bond acceptors (Lipinski definition) is 5. The van der Waals surface area contributed by atoms with Gasteiger partial charge in [0, 0.05) is 6.61 Å². The van der Waals surface area contributed by atoms with Crippen LogP contribution < -0.4 is 5.32 Å². The molecule has 1 N–H and O–H groups in total. The van der Waals surface area contributed by atoms with Crippen molar-refractivity contribution in [1.82, 2.24) is 25.5 Å². The molecule has 0 saturated carbocycles. The fourth-order valence-electron chi connectivity index (χ4n) is 2.38. The van der Waals surface area contributed by atoms with Gasteiger partial charge in [0.2, 0.25) is 0 Å². The van der Waals surface area contributed by atoms with Crippen molar-refractivity contribution in [1.29, 1.82) is 0 Å². The van der Waals surface area contributed by atoms with Crippen LogP contribution in [0.4, 0.5) is 0 Å². The van der Waals surface area contributed by atoms with Gasteiger partial charge in [0.05, 0.1) is 17.7 Å². The van der Waals surface area contributed by atoms with Gasteiger partial charge in [-0.2, -0.15) is 0 Å². The van der Waals surface area contributed by atoms with E-state index < -0.39 is 0 Å². The highest BCUT2D eigenvalue weighted by atomic mass is 16.5. The minimum absolute atomic E-state index is 0.137. The summed E-state index contributed by atoms with van der Waals surface area (Å²) >= 11 is 0. The summed E-state index contributed by atoms with van der Waals surface area (Å²) in [4.78, 5) is 0. The fraction of sp³-hybridized carbons (Fsp3) is 0.917. The molecule has 3 unspecified atom stereocenters. The summed E-state index contributed by atoms with van der Waals surface area (Å²) in [5.41, 5.74) is -0.138. The normalized spacial score (nSPS) is 29.7. The molecule has 18 heavy (non-hydrogen) atoms. The SMILES string of the molecule is CCCNC(C)c1nnnn1C1(C)CCOC1C. The first-order chi connectivity index (χ1) is 8.59. The molecule has 1 aliphatic rings. The monoisotopic (exact) mass is 253 g/mol. The van der Waals surface area contributed by atoms with Gasteiger partial charge in [0.25, 0.3) is 0 Å². The van der Waals surface area contributed by atoms with Crippen molar-refractivity contribution >= 4 is 0 Å². The Morgan fingerprint density at radius 3 is 3.00 bits per heavy atom. The second-order valence-corrected chi connectivity index (χ2v) is 5.24. The number of hydrogen-bond donors (Lipinski definition) is 1. The summed E-state index contributed by atoms with van der Waals surface area (Å²) in [5.74, 6) is 0.892. The van der Waals surface area contributed by atoms with Crippen LogP contribution in [-0.2, 0) is 10.3 Å². The largest absolute Gasteiger partial charge is 0.376 e. The summed E-state index contributed by atoms with van der Waals surface area (Å²) in [7, 11) is 0. The molecule has 1 aromatic rings. The highest BCUT2D eigenvalue weighted by Gasteiger charge is 2.42. The van der Waals surface area contributed by atoms with Gasteiger partial charge >= 0.3 is 0 Å². The molecule has 0 aromatic carbocycles. The number of ether oxygens (including phenoxy) is 1. The number of rotatable bonds is 5. The van der Waals surface area contributed by atoms with Crippen molar-refractivity contribution in [2.45, 2.75) is 58.2 Å². The van der Waals surface area contributed by atoms with E-state index in [2.05, 4.69) is 48.5 Å². The molecule has 0 spiro atoms. The summed E-state index contributed by atoms with van der Waals surface area (Å²) < 4.78 is 7.61. The zero-order chi connectivity index (χ0) is 13.2. The predicted molar refractivity (Wildman–Crippen MR) is 68.2 cm³/mol. The summed E-state index contributed by atoms with van der Waals surface area (Å²) in [5, 5.41) is 15.6. The van der Waals surface area contributed by atoms with E-state index in [0.29, 0.717) is 0 Å². The maximum absolute atomic E-state index is 5.67. The molecule has 6 nitrogen and oxygen atoms in total. The Kier molecular flexibility index (Phi) is 3.97. The Hall–Kier alpha value is -1.01. The Morgan fingerprint density at radius 2 is 2.39 bits per heavy atom. The second kappa shape index (κ2) is 5.32. The van der Waals surface area contributed by atoms with E-state index in [-0.39, 0.29) is 17.7 Å². The van der Waals surface area contributed by atoms with Gasteiger partial charge in [-0.05, 0) is 50.6 Å². The molecule has 102 valence electrons. The molecule has 3 atom stereocenters. The zero-order valence-corrected chi connectivity index (χ0v) is 11.7. The van der Waals surface area contributed by atoms with E-state index in [4.69, 9.17) is 4.74 Å². The quantitative estimate of drug-likeness (QED) is 0.855. The van der Waals surface area contributed by atoms with Gasteiger partial charge < -0.3 is 10.1 Å². The molecular weight excluding hydrogens is 230 g/mol. The van der Waals surface area contributed by atoms with Crippen molar-refractivity contribution in [3.63, 3.8) is 0 Å². The predicted octanol–water partition coefficient (Wildman–Crippen LogP) is 1.26. The molecule has 1 fully saturated rings. The highest BCUT2D eigenvalue weighted by molar-refractivity contribution is 5.00. The second-order valence-electron chi connectivity index (χ2n) is 5.24. The van der Waals surface area contributed by atoms with Crippen molar-refractivity contribution in [3.8, 4) is 0 Å². The Bertz CT molecular complexity index is 394. The third-order valence-corrected chi connectivity index (χ3v) is 3.92. The smallest absolute Gasteiger partial charge is 0.168 e. The van der Waals surface area contributed by atoms with Crippen molar-refractivity contribution < 1.29 is 4.74 Å². The topological polar surface area (TPSA) is 64.9 Å². The maximum Gasteiger partial charge on any atom is 0.168 e. The molecule has 2 rings (SSSR count). The zero-order valence-electron chi connectivity index (χ0n) is 11.7. The van der Waals surface area contributed by atoms with E-state index in [1.54, 1.807) is 0 Å². The minimum atomic E-state index is -0.138. The van der Waals surface area contributed by atoms with Gasteiger partial charge in [-0.25, -0.2) is 4.68 Å². The molecule has 0 amide bonds. The first-order valence-corrected chi connectivity index (χ1v) is 6.73. The Morgan fingerprint density at radius 1 is 1.61 bits per heavy atom. The summed E-state index contributed by atoms with van der Waals surface area (Å²) in [6.07, 6.45) is 2.19. The van der Waals surface area contributed by atoms with Gasteiger partial charge in [-0.15, -0.1) is 5.10 Å². The third kappa shape index (κ3) is 2.27. The summed E-state index contributed by atoms with van der Waals surface area (Å²) in [6.45, 7) is 10.2. The van der Waals surface area contributed by atoms with Crippen LogP contribution in [0.25, 0.3) is 0 Å². The molecule has 2 heterocycles. The molecule has 1 aliphatic heterocycles. The van der Waals surface area contributed by atoms with Crippen LogP contribution in [0.2, 0.25) is 0 Å². The van der Waals surface area contributed by atoms with Crippen LogP contribution in [0, 0.1) is 0 Å². The average molecular weight is 253 g/mol. The Labute approximate surface area is 108 Å². The van der Waals surface area contributed by atoms with Crippen molar-refractivity contribution in [2.24, 2.45) is 0 Å². The molecule has 1 saturated heterocycles. The average Bonchev–Trinajstić information content (AvgIpc) is 2.95. The van der Waals surface area contributed by atoms with E-state index in [1.165, 1.54) is 0 Å². The van der Waals surface area contributed by atoms with Crippen LogP contribution in [0.3, 0.4) is 0 Å². The highest BCUT2D eigenvalue weighted by Crippen LogP contribution is 2.33. The van der Waals surface area contributed by atoms with E-state index in [0.717, 1.165) is 31.8 Å². The Balaban J connectivity index is 2.22. The number of aromatic nitrogens is 4. The van der Waals surface area contributed by atoms with Crippen molar-refractivity contribution in [3.05, 3.63) is 5.82 Å². The lowest BCUT2D eigenvalue weighted by atomic mass is 9.94. The minimum Gasteiger partial charge on any atom is -0.376 e. The van der Waals surface area contributed by atoms with Gasteiger partial charge in [-0.3, -0.25) is 0 Å². The molecular formula is C12H23N5O.